The van der Waals surface area contributed by atoms with E-state index in [1.807, 2.05) is 6.07 Å². The van der Waals surface area contributed by atoms with Crippen molar-refractivity contribution in [2.75, 3.05) is 19.8 Å². The summed E-state index contributed by atoms with van der Waals surface area (Å²) in [5.41, 5.74) is 0.806. The summed E-state index contributed by atoms with van der Waals surface area (Å²) in [6.45, 7) is 2.36. The van der Waals surface area contributed by atoms with E-state index in [2.05, 4.69) is 20.4 Å². The molecular weight excluding hydrogens is 280 g/mol. The van der Waals surface area contributed by atoms with Crippen LogP contribution >= 0.6 is 11.6 Å². The predicted octanol–water partition coefficient (Wildman–Crippen LogP) is 0.609. The lowest BCUT2D eigenvalue weighted by molar-refractivity contribution is -0.133. The quantitative estimate of drug-likeness (QED) is 0.882. The number of amides is 1. The molecule has 1 N–H and O–H groups in total. The zero-order valence-electron chi connectivity index (χ0n) is 11.1. The Labute approximate surface area is 122 Å². The van der Waals surface area contributed by atoms with Crippen molar-refractivity contribution < 1.29 is 9.53 Å². The van der Waals surface area contributed by atoms with Gasteiger partial charge in [0.1, 0.15) is 6.04 Å². The molecule has 0 spiro atoms. The standard InChI is InChI=1S/C13H17ClN4O2/c14-12-4-3-10(16-17-12)7-18-5-6-20-8-11(18)13(19)15-9-1-2-9/h3-4,9,11H,1-2,5-8H2,(H,15,19). The highest BCUT2D eigenvalue weighted by atomic mass is 35.5. The molecule has 1 saturated heterocycles. The number of halogens is 1. The van der Waals surface area contributed by atoms with Gasteiger partial charge in [0.25, 0.3) is 0 Å². The Balaban J connectivity index is 1.64. The molecule has 1 amide bonds. The molecule has 20 heavy (non-hydrogen) atoms. The lowest BCUT2D eigenvalue weighted by Crippen LogP contribution is -2.53. The van der Waals surface area contributed by atoms with Crippen molar-refractivity contribution in [3.05, 3.63) is 23.0 Å². The van der Waals surface area contributed by atoms with Crippen LogP contribution in [0.3, 0.4) is 0 Å². The highest BCUT2D eigenvalue weighted by Gasteiger charge is 2.33. The number of aromatic nitrogens is 2. The second-order valence-corrected chi connectivity index (χ2v) is 5.58. The number of nitrogens with zero attached hydrogens (tertiary/aromatic N) is 3. The fraction of sp³-hybridized carbons (Fsp3) is 0.615. The Bertz CT molecular complexity index is 478. The molecule has 1 atom stereocenters. The molecule has 1 saturated carbocycles. The fourth-order valence-corrected chi connectivity index (χ4v) is 2.33. The van der Waals surface area contributed by atoms with Crippen molar-refractivity contribution in [3.8, 4) is 0 Å². The molecule has 2 aliphatic rings. The van der Waals surface area contributed by atoms with Gasteiger partial charge in [0.2, 0.25) is 5.91 Å². The van der Waals surface area contributed by atoms with Crippen LogP contribution in [0.5, 0.6) is 0 Å². The highest BCUT2D eigenvalue weighted by Crippen LogP contribution is 2.20. The van der Waals surface area contributed by atoms with Gasteiger partial charge in [0.05, 0.1) is 18.9 Å². The van der Waals surface area contributed by atoms with E-state index in [9.17, 15) is 4.79 Å². The first-order valence-corrected chi connectivity index (χ1v) is 7.20. The average Bonchev–Trinajstić information content (AvgIpc) is 3.26. The van der Waals surface area contributed by atoms with Crippen LogP contribution in [0.4, 0.5) is 0 Å². The normalized spacial score (nSPS) is 23.6. The Morgan fingerprint density at radius 1 is 1.45 bits per heavy atom. The van der Waals surface area contributed by atoms with Crippen molar-refractivity contribution in [2.24, 2.45) is 0 Å². The van der Waals surface area contributed by atoms with E-state index in [1.165, 1.54) is 0 Å². The number of hydrogen-bond donors (Lipinski definition) is 1. The van der Waals surface area contributed by atoms with E-state index in [-0.39, 0.29) is 11.9 Å². The van der Waals surface area contributed by atoms with Gasteiger partial charge in [0.15, 0.2) is 5.15 Å². The van der Waals surface area contributed by atoms with E-state index >= 15 is 0 Å². The third-order valence-corrected chi connectivity index (χ3v) is 3.72. The van der Waals surface area contributed by atoms with Crippen LogP contribution < -0.4 is 5.32 Å². The molecule has 1 aromatic heterocycles. The lowest BCUT2D eigenvalue weighted by Gasteiger charge is -2.34. The summed E-state index contributed by atoms with van der Waals surface area (Å²) in [6, 6.07) is 3.66. The molecule has 2 fully saturated rings. The Hall–Kier alpha value is -1.24. The second kappa shape index (κ2) is 6.03. The Morgan fingerprint density at radius 2 is 2.30 bits per heavy atom. The van der Waals surface area contributed by atoms with E-state index < -0.39 is 0 Å². The number of morpholine rings is 1. The van der Waals surface area contributed by atoms with Crippen molar-refractivity contribution >= 4 is 17.5 Å². The molecule has 0 aromatic carbocycles. The number of rotatable bonds is 4. The van der Waals surface area contributed by atoms with E-state index in [0.29, 0.717) is 37.5 Å². The molecule has 1 unspecified atom stereocenters. The van der Waals surface area contributed by atoms with Gasteiger partial charge in [-0.05, 0) is 25.0 Å². The lowest BCUT2D eigenvalue weighted by atomic mass is 10.2. The van der Waals surface area contributed by atoms with E-state index in [4.69, 9.17) is 16.3 Å². The van der Waals surface area contributed by atoms with Gasteiger partial charge in [-0.1, -0.05) is 11.6 Å². The molecule has 1 aromatic rings. The molecule has 6 nitrogen and oxygen atoms in total. The third kappa shape index (κ3) is 3.45. The van der Waals surface area contributed by atoms with Crippen LogP contribution in [0.1, 0.15) is 18.5 Å². The number of hydrogen-bond acceptors (Lipinski definition) is 5. The molecular formula is C13H17ClN4O2. The smallest absolute Gasteiger partial charge is 0.239 e. The molecule has 7 heteroatoms. The highest BCUT2D eigenvalue weighted by molar-refractivity contribution is 6.29. The van der Waals surface area contributed by atoms with Crippen LogP contribution in [0.2, 0.25) is 5.15 Å². The van der Waals surface area contributed by atoms with Crippen molar-refractivity contribution in [1.82, 2.24) is 20.4 Å². The maximum atomic E-state index is 12.2. The summed E-state index contributed by atoms with van der Waals surface area (Å²) in [7, 11) is 0. The van der Waals surface area contributed by atoms with Gasteiger partial charge in [-0.2, -0.15) is 5.10 Å². The Morgan fingerprint density at radius 3 is 3.00 bits per heavy atom. The minimum absolute atomic E-state index is 0.0501. The maximum Gasteiger partial charge on any atom is 0.239 e. The average molecular weight is 297 g/mol. The monoisotopic (exact) mass is 296 g/mol. The minimum Gasteiger partial charge on any atom is -0.378 e. The van der Waals surface area contributed by atoms with Gasteiger partial charge < -0.3 is 10.1 Å². The van der Waals surface area contributed by atoms with Crippen LogP contribution in [0.25, 0.3) is 0 Å². The van der Waals surface area contributed by atoms with E-state index in [1.54, 1.807) is 6.07 Å². The minimum atomic E-state index is -0.248. The zero-order valence-corrected chi connectivity index (χ0v) is 11.8. The van der Waals surface area contributed by atoms with Crippen LogP contribution in [-0.4, -0.2) is 52.8 Å². The van der Waals surface area contributed by atoms with Crippen molar-refractivity contribution in [1.29, 1.82) is 0 Å². The molecule has 1 aliphatic heterocycles. The van der Waals surface area contributed by atoms with Crippen molar-refractivity contribution in [2.45, 2.75) is 31.5 Å². The number of nitrogens with one attached hydrogen (secondary N) is 1. The van der Waals surface area contributed by atoms with Crippen LogP contribution in [-0.2, 0) is 16.1 Å². The molecule has 0 radical (unpaired) electrons. The fourth-order valence-electron chi connectivity index (χ4n) is 2.23. The summed E-state index contributed by atoms with van der Waals surface area (Å²) < 4.78 is 5.43. The SMILES string of the molecule is O=C(NC1CC1)C1COCCN1Cc1ccc(Cl)nn1. The number of carbonyl (C=O) groups excluding carboxylic acids is 1. The number of ether oxygens (including phenoxy) is 1. The topological polar surface area (TPSA) is 67.3 Å². The second-order valence-electron chi connectivity index (χ2n) is 5.19. The van der Waals surface area contributed by atoms with Gasteiger partial charge in [-0.25, -0.2) is 0 Å². The third-order valence-electron chi connectivity index (χ3n) is 3.52. The van der Waals surface area contributed by atoms with Gasteiger partial charge in [-0.15, -0.1) is 5.10 Å². The van der Waals surface area contributed by atoms with Gasteiger partial charge >= 0.3 is 0 Å². The summed E-state index contributed by atoms with van der Waals surface area (Å²) in [5, 5.41) is 11.3. The molecule has 0 bridgehead atoms. The predicted molar refractivity (Wildman–Crippen MR) is 73.2 cm³/mol. The largest absolute Gasteiger partial charge is 0.378 e. The number of carbonyl (C=O) groups is 1. The Kier molecular flexibility index (Phi) is 4.14. The molecule has 3 rings (SSSR count). The molecule has 108 valence electrons. The molecule has 2 heterocycles. The van der Waals surface area contributed by atoms with Gasteiger partial charge in [-0.3, -0.25) is 9.69 Å². The first-order chi connectivity index (χ1) is 9.72. The zero-order chi connectivity index (χ0) is 13.9. The van der Waals surface area contributed by atoms with Crippen molar-refractivity contribution in [3.63, 3.8) is 0 Å². The first-order valence-electron chi connectivity index (χ1n) is 6.82. The summed E-state index contributed by atoms with van der Waals surface area (Å²) >= 11 is 5.73. The maximum absolute atomic E-state index is 12.2. The molecule has 1 aliphatic carbocycles. The summed E-state index contributed by atoms with van der Waals surface area (Å²) in [4.78, 5) is 14.3. The van der Waals surface area contributed by atoms with Crippen LogP contribution in [0.15, 0.2) is 12.1 Å². The summed E-state index contributed by atoms with van der Waals surface area (Å²) in [5.74, 6) is 0.0501. The van der Waals surface area contributed by atoms with Gasteiger partial charge in [0, 0.05) is 19.1 Å². The van der Waals surface area contributed by atoms with Crippen LogP contribution in [0, 0.1) is 0 Å². The van der Waals surface area contributed by atoms with E-state index in [0.717, 1.165) is 18.5 Å². The first kappa shape index (κ1) is 13.7. The summed E-state index contributed by atoms with van der Waals surface area (Å²) in [6.07, 6.45) is 2.17.